The van der Waals surface area contributed by atoms with Crippen molar-refractivity contribution in [2.75, 3.05) is 59.5 Å². The average Bonchev–Trinajstić information content (AvgIpc) is 2.31. The molecule has 0 unspecified atom stereocenters. The molecule has 0 bridgehead atoms. The van der Waals surface area contributed by atoms with Crippen LogP contribution in [0, 0.1) is 0 Å². The van der Waals surface area contributed by atoms with Crippen molar-refractivity contribution in [2.45, 2.75) is 0 Å². The van der Waals surface area contributed by atoms with Gasteiger partial charge in [-0.05, 0) is 0 Å². The van der Waals surface area contributed by atoms with Crippen LogP contribution in [-0.4, -0.2) is 69.1 Å². The van der Waals surface area contributed by atoms with Crippen LogP contribution >= 0.6 is 0 Å². The van der Waals surface area contributed by atoms with E-state index in [-0.39, 0.29) is 6.61 Å². The number of rotatable bonds is 12. The first-order valence-electron chi connectivity index (χ1n) is 6.26. The minimum atomic E-state index is 0.236. The number of aliphatic hydroxyl groups is 1. The molecule has 0 saturated carbocycles. The van der Waals surface area contributed by atoms with E-state index < -0.39 is 0 Å². The first-order chi connectivity index (χ1) is 8.18. The van der Waals surface area contributed by atoms with Crippen molar-refractivity contribution in [1.82, 2.24) is 10.6 Å². The monoisotopic (exact) mass is 242 g/mol. The fraction of sp³-hybridized carbons (Fsp3) is 0.692. The highest BCUT2D eigenvalue weighted by atomic mass is 16.3. The molecule has 0 heterocycles. The van der Waals surface area contributed by atoms with Crippen molar-refractivity contribution in [3.63, 3.8) is 0 Å². The van der Waals surface area contributed by atoms with Crippen LogP contribution in [0.5, 0.6) is 0 Å². The molecule has 0 saturated heterocycles. The van der Waals surface area contributed by atoms with Crippen molar-refractivity contribution >= 4 is 0 Å². The summed E-state index contributed by atoms with van der Waals surface area (Å²) in [6.45, 7) is 14.0. The molecular formula is C13H28N3O+. The van der Waals surface area contributed by atoms with Gasteiger partial charge in [-0.1, -0.05) is 12.2 Å². The summed E-state index contributed by atoms with van der Waals surface area (Å²) >= 11 is 0. The van der Waals surface area contributed by atoms with Crippen molar-refractivity contribution < 1.29 is 9.59 Å². The van der Waals surface area contributed by atoms with E-state index >= 15 is 0 Å². The third-order valence-corrected chi connectivity index (χ3v) is 2.87. The molecule has 0 atom stereocenters. The number of likely N-dealkylation sites (N-methyl/N-ethyl adjacent to an activating group) is 1. The Morgan fingerprint density at radius 2 is 1.47 bits per heavy atom. The molecule has 0 fully saturated rings. The van der Waals surface area contributed by atoms with Crippen molar-refractivity contribution in [1.29, 1.82) is 0 Å². The summed E-state index contributed by atoms with van der Waals surface area (Å²) in [7, 11) is 2.18. The van der Waals surface area contributed by atoms with Gasteiger partial charge >= 0.3 is 0 Å². The van der Waals surface area contributed by atoms with Gasteiger partial charge in [0.15, 0.2) is 0 Å². The quantitative estimate of drug-likeness (QED) is 0.256. The van der Waals surface area contributed by atoms with Crippen LogP contribution in [0.3, 0.4) is 0 Å². The molecule has 0 spiro atoms. The lowest BCUT2D eigenvalue weighted by Crippen LogP contribution is -2.52. The Balaban J connectivity index is 3.87. The van der Waals surface area contributed by atoms with Crippen molar-refractivity contribution in [2.24, 2.45) is 0 Å². The topological polar surface area (TPSA) is 44.3 Å². The second kappa shape index (κ2) is 10.5. The Morgan fingerprint density at radius 1 is 1.00 bits per heavy atom. The highest BCUT2D eigenvalue weighted by Crippen LogP contribution is 1.99. The van der Waals surface area contributed by atoms with Crippen LogP contribution in [0.4, 0.5) is 0 Å². The number of aliphatic hydroxyl groups excluding tert-OH is 1. The molecule has 0 aromatic carbocycles. The van der Waals surface area contributed by atoms with Gasteiger partial charge in [0.2, 0.25) is 0 Å². The van der Waals surface area contributed by atoms with Gasteiger partial charge < -0.3 is 20.2 Å². The summed E-state index contributed by atoms with van der Waals surface area (Å²) in [5.74, 6) is 0. The third kappa shape index (κ3) is 9.06. The van der Waals surface area contributed by atoms with E-state index in [9.17, 15) is 0 Å². The summed E-state index contributed by atoms with van der Waals surface area (Å²) in [5, 5.41) is 15.7. The molecule has 4 heteroatoms. The summed E-state index contributed by atoms with van der Waals surface area (Å²) in [4.78, 5) is 0. The lowest BCUT2D eigenvalue weighted by atomic mass is 10.3. The lowest BCUT2D eigenvalue weighted by molar-refractivity contribution is -0.907. The zero-order chi connectivity index (χ0) is 13.0. The summed E-state index contributed by atoms with van der Waals surface area (Å²) in [6.07, 6.45) is 3.73. The number of nitrogens with one attached hydrogen (secondary N) is 2. The fourth-order valence-corrected chi connectivity index (χ4v) is 1.68. The van der Waals surface area contributed by atoms with E-state index in [1.54, 1.807) is 0 Å². The van der Waals surface area contributed by atoms with E-state index in [4.69, 9.17) is 5.11 Å². The Labute approximate surface area is 106 Å². The average molecular weight is 242 g/mol. The molecule has 4 nitrogen and oxygen atoms in total. The normalized spacial score (nSPS) is 11.4. The zero-order valence-corrected chi connectivity index (χ0v) is 11.1. The number of quaternary nitrogens is 1. The first-order valence-corrected chi connectivity index (χ1v) is 6.26. The standard InChI is InChI=1S/C13H28N3O/c1-4-6-14-8-10-16(3,12-13-17)11-9-15-7-5-2/h4-5,14-15,17H,1-2,6-13H2,3H3/q+1. The van der Waals surface area contributed by atoms with Gasteiger partial charge in [-0.15, -0.1) is 13.2 Å². The van der Waals surface area contributed by atoms with E-state index in [0.29, 0.717) is 0 Å². The van der Waals surface area contributed by atoms with E-state index in [1.165, 1.54) is 0 Å². The smallest absolute Gasteiger partial charge is 0.102 e. The van der Waals surface area contributed by atoms with Crippen LogP contribution < -0.4 is 10.6 Å². The van der Waals surface area contributed by atoms with Gasteiger partial charge in [0.05, 0.1) is 26.7 Å². The molecule has 0 aliphatic carbocycles. The maximum Gasteiger partial charge on any atom is 0.102 e. The van der Waals surface area contributed by atoms with Crippen LogP contribution in [0.1, 0.15) is 0 Å². The highest BCUT2D eigenvalue weighted by Gasteiger charge is 2.19. The fourth-order valence-electron chi connectivity index (χ4n) is 1.68. The molecule has 0 amide bonds. The number of nitrogens with zero attached hydrogens (tertiary/aromatic N) is 1. The maximum atomic E-state index is 9.12. The molecule has 0 aromatic rings. The van der Waals surface area contributed by atoms with Crippen LogP contribution in [0.2, 0.25) is 0 Å². The molecular weight excluding hydrogens is 214 g/mol. The van der Waals surface area contributed by atoms with Gasteiger partial charge in [0, 0.05) is 26.2 Å². The predicted molar refractivity (Wildman–Crippen MR) is 74.0 cm³/mol. The number of hydrogen-bond acceptors (Lipinski definition) is 3. The SMILES string of the molecule is C=CCNCC[N+](C)(CCO)CCNCC=C. The van der Waals surface area contributed by atoms with Gasteiger partial charge in [-0.25, -0.2) is 0 Å². The number of hydrogen-bond donors (Lipinski definition) is 3. The molecule has 100 valence electrons. The van der Waals surface area contributed by atoms with Crippen LogP contribution in [0.25, 0.3) is 0 Å². The Kier molecular flexibility index (Phi) is 10.1. The Hall–Kier alpha value is -0.680. The molecule has 0 rings (SSSR count). The van der Waals surface area contributed by atoms with Crippen LogP contribution in [-0.2, 0) is 0 Å². The molecule has 0 aliphatic heterocycles. The molecule has 3 N–H and O–H groups in total. The lowest BCUT2D eigenvalue weighted by Gasteiger charge is -2.34. The second-order valence-electron chi connectivity index (χ2n) is 4.50. The largest absolute Gasteiger partial charge is 0.391 e. The summed E-state index contributed by atoms with van der Waals surface area (Å²) in [6, 6.07) is 0. The van der Waals surface area contributed by atoms with E-state index in [1.807, 2.05) is 12.2 Å². The van der Waals surface area contributed by atoms with Gasteiger partial charge in [0.25, 0.3) is 0 Å². The van der Waals surface area contributed by atoms with Crippen molar-refractivity contribution in [3.8, 4) is 0 Å². The molecule has 0 radical (unpaired) electrons. The summed E-state index contributed by atoms with van der Waals surface area (Å²) in [5.41, 5.74) is 0. The Bertz CT molecular complexity index is 191. The minimum Gasteiger partial charge on any atom is -0.391 e. The molecule has 0 aliphatic rings. The van der Waals surface area contributed by atoms with E-state index in [2.05, 4.69) is 30.8 Å². The Morgan fingerprint density at radius 3 is 1.82 bits per heavy atom. The van der Waals surface area contributed by atoms with Crippen molar-refractivity contribution in [3.05, 3.63) is 25.3 Å². The van der Waals surface area contributed by atoms with Gasteiger partial charge in [-0.3, -0.25) is 0 Å². The maximum absolute atomic E-state index is 9.12. The minimum absolute atomic E-state index is 0.236. The van der Waals surface area contributed by atoms with Gasteiger partial charge in [0.1, 0.15) is 6.54 Å². The van der Waals surface area contributed by atoms with E-state index in [0.717, 1.165) is 50.3 Å². The predicted octanol–water partition coefficient (Wildman–Crippen LogP) is -0.0235. The van der Waals surface area contributed by atoms with Gasteiger partial charge in [-0.2, -0.15) is 0 Å². The second-order valence-corrected chi connectivity index (χ2v) is 4.50. The third-order valence-electron chi connectivity index (χ3n) is 2.87. The highest BCUT2D eigenvalue weighted by molar-refractivity contribution is 4.70. The molecule has 0 aromatic heterocycles. The molecule has 17 heavy (non-hydrogen) atoms. The zero-order valence-electron chi connectivity index (χ0n) is 11.1. The summed E-state index contributed by atoms with van der Waals surface area (Å²) < 4.78 is 0.880. The first kappa shape index (κ1) is 16.3. The van der Waals surface area contributed by atoms with Crippen LogP contribution in [0.15, 0.2) is 25.3 Å².